The van der Waals surface area contributed by atoms with E-state index < -0.39 is 0 Å². The van der Waals surface area contributed by atoms with E-state index in [9.17, 15) is 4.79 Å². The van der Waals surface area contributed by atoms with E-state index in [4.69, 9.17) is 17.0 Å². The van der Waals surface area contributed by atoms with Crippen molar-refractivity contribution in [2.45, 2.75) is 39.3 Å². The normalized spacial score (nSPS) is 24.1. The summed E-state index contributed by atoms with van der Waals surface area (Å²) in [5, 5.41) is 2.65. The summed E-state index contributed by atoms with van der Waals surface area (Å²) in [6.45, 7) is 5.94. The SMILES string of the molecule is Cc1cc(/C=C2\SC(=S)NC2=O)c(C)n1C[C@H]1CCCO1. The van der Waals surface area contributed by atoms with Gasteiger partial charge < -0.3 is 14.6 Å². The Balaban J connectivity index is 1.85. The van der Waals surface area contributed by atoms with Crippen molar-refractivity contribution in [3.05, 3.63) is 27.9 Å². The van der Waals surface area contributed by atoms with Gasteiger partial charge in [0.25, 0.3) is 5.91 Å². The maximum absolute atomic E-state index is 11.8. The van der Waals surface area contributed by atoms with Crippen molar-refractivity contribution >= 4 is 40.3 Å². The first-order chi connectivity index (χ1) is 10.0. The molecule has 0 unspecified atom stereocenters. The summed E-state index contributed by atoms with van der Waals surface area (Å²) in [7, 11) is 0. The topological polar surface area (TPSA) is 43.3 Å². The molecule has 1 aromatic heterocycles. The molecule has 1 amide bonds. The summed E-state index contributed by atoms with van der Waals surface area (Å²) < 4.78 is 8.52. The molecule has 112 valence electrons. The number of rotatable bonds is 3. The van der Waals surface area contributed by atoms with E-state index in [1.165, 1.54) is 23.1 Å². The lowest BCUT2D eigenvalue weighted by Crippen LogP contribution is -2.17. The zero-order valence-electron chi connectivity index (χ0n) is 12.1. The van der Waals surface area contributed by atoms with Gasteiger partial charge in [-0.05, 0) is 44.4 Å². The first-order valence-corrected chi connectivity index (χ1v) is 8.30. The van der Waals surface area contributed by atoms with Crippen LogP contribution in [-0.4, -0.2) is 27.5 Å². The average molecular weight is 322 g/mol. The van der Waals surface area contributed by atoms with E-state index in [2.05, 4.69) is 29.8 Å². The van der Waals surface area contributed by atoms with Crippen LogP contribution >= 0.6 is 24.0 Å². The number of hydrogen-bond donors (Lipinski definition) is 1. The Bertz CT molecular complexity index is 628. The molecule has 4 nitrogen and oxygen atoms in total. The summed E-state index contributed by atoms with van der Waals surface area (Å²) in [6.07, 6.45) is 4.51. The zero-order chi connectivity index (χ0) is 15.0. The molecule has 3 rings (SSSR count). The number of nitrogens with one attached hydrogen (secondary N) is 1. The molecule has 0 spiro atoms. The molecule has 2 fully saturated rings. The largest absolute Gasteiger partial charge is 0.376 e. The average Bonchev–Trinajstić information content (AvgIpc) is 3.10. The number of nitrogens with zero attached hydrogens (tertiary/aromatic N) is 1. The Morgan fingerprint density at radius 2 is 2.38 bits per heavy atom. The van der Waals surface area contributed by atoms with Gasteiger partial charge in [0, 0.05) is 24.5 Å². The van der Waals surface area contributed by atoms with Gasteiger partial charge >= 0.3 is 0 Å². The second-order valence-electron chi connectivity index (χ2n) is 5.42. The molecule has 2 aliphatic heterocycles. The fraction of sp³-hybridized carbons (Fsp3) is 0.467. The highest BCUT2D eigenvalue weighted by Gasteiger charge is 2.23. The van der Waals surface area contributed by atoms with Crippen LogP contribution in [0.5, 0.6) is 0 Å². The number of thiocarbonyl (C=S) groups is 1. The Hall–Kier alpha value is -1.11. The van der Waals surface area contributed by atoms with Crippen molar-refractivity contribution in [1.29, 1.82) is 0 Å². The fourth-order valence-electron chi connectivity index (χ4n) is 2.81. The van der Waals surface area contributed by atoms with Gasteiger partial charge in [-0.2, -0.15) is 0 Å². The highest BCUT2D eigenvalue weighted by atomic mass is 32.2. The van der Waals surface area contributed by atoms with Crippen LogP contribution in [0.1, 0.15) is 29.8 Å². The Kier molecular flexibility index (Phi) is 4.19. The minimum absolute atomic E-state index is 0.103. The lowest BCUT2D eigenvalue weighted by Gasteiger charge is -2.14. The van der Waals surface area contributed by atoms with Crippen LogP contribution in [0.4, 0.5) is 0 Å². The van der Waals surface area contributed by atoms with Crippen molar-refractivity contribution in [3.63, 3.8) is 0 Å². The summed E-state index contributed by atoms with van der Waals surface area (Å²) >= 11 is 6.34. The predicted octanol–water partition coefficient (Wildman–Crippen LogP) is 2.77. The second kappa shape index (κ2) is 5.94. The number of hydrogen-bond acceptors (Lipinski definition) is 4. The zero-order valence-corrected chi connectivity index (χ0v) is 13.8. The molecule has 0 bridgehead atoms. The highest BCUT2D eigenvalue weighted by molar-refractivity contribution is 8.26. The molecule has 0 aliphatic carbocycles. The molecule has 6 heteroatoms. The molecular weight excluding hydrogens is 304 g/mol. The molecule has 0 radical (unpaired) electrons. The molecule has 0 saturated carbocycles. The summed E-state index contributed by atoms with van der Waals surface area (Å²) in [5.74, 6) is -0.103. The summed E-state index contributed by atoms with van der Waals surface area (Å²) in [5.41, 5.74) is 3.44. The molecule has 21 heavy (non-hydrogen) atoms. The molecular formula is C15H18N2O2S2. The molecule has 0 aromatic carbocycles. The monoisotopic (exact) mass is 322 g/mol. The van der Waals surface area contributed by atoms with Gasteiger partial charge in [0.05, 0.1) is 11.0 Å². The number of amides is 1. The number of ether oxygens (including phenoxy) is 1. The van der Waals surface area contributed by atoms with Crippen molar-refractivity contribution in [2.24, 2.45) is 0 Å². The number of aromatic nitrogens is 1. The van der Waals surface area contributed by atoms with Crippen LogP contribution in [0.15, 0.2) is 11.0 Å². The lowest BCUT2D eigenvalue weighted by atomic mass is 10.2. The number of carbonyl (C=O) groups is 1. The molecule has 3 heterocycles. The summed E-state index contributed by atoms with van der Waals surface area (Å²) in [6, 6.07) is 2.12. The Morgan fingerprint density at radius 1 is 1.57 bits per heavy atom. The van der Waals surface area contributed by atoms with Crippen LogP contribution in [0.2, 0.25) is 0 Å². The van der Waals surface area contributed by atoms with Crippen LogP contribution in [-0.2, 0) is 16.1 Å². The molecule has 2 aliphatic rings. The van der Waals surface area contributed by atoms with Gasteiger partial charge in [0.15, 0.2) is 0 Å². The third-order valence-electron chi connectivity index (χ3n) is 3.95. The van der Waals surface area contributed by atoms with E-state index in [0.717, 1.165) is 31.6 Å². The predicted molar refractivity (Wildman–Crippen MR) is 89.2 cm³/mol. The maximum atomic E-state index is 11.8. The van der Waals surface area contributed by atoms with Crippen molar-refractivity contribution in [2.75, 3.05) is 6.61 Å². The van der Waals surface area contributed by atoms with Crippen LogP contribution < -0.4 is 5.32 Å². The molecule has 1 N–H and O–H groups in total. The Labute approximate surface area is 133 Å². The maximum Gasteiger partial charge on any atom is 0.263 e. The quantitative estimate of drug-likeness (QED) is 0.686. The van der Waals surface area contributed by atoms with E-state index in [1.807, 2.05) is 6.08 Å². The lowest BCUT2D eigenvalue weighted by molar-refractivity contribution is -0.115. The van der Waals surface area contributed by atoms with E-state index in [1.54, 1.807) is 0 Å². The molecule has 2 saturated heterocycles. The van der Waals surface area contributed by atoms with Gasteiger partial charge in [-0.15, -0.1) is 0 Å². The van der Waals surface area contributed by atoms with Gasteiger partial charge in [-0.25, -0.2) is 0 Å². The number of thioether (sulfide) groups is 1. The first-order valence-electron chi connectivity index (χ1n) is 7.08. The second-order valence-corrected chi connectivity index (χ2v) is 7.14. The number of aryl methyl sites for hydroxylation is 1. The third-order valence-corrected chi connectivity index (χ3v) is 5.11. The van der Waals surface area contributed by atoms with E-state index in [0.29, 0.717) is 15.3 Å². The Morgan fingerprint density at radius 3 is 3.00 bits per heavy atom. The summed E-state index contributed by atoms with van der Waals surface area (Å²) in [4.78, 5) is 12.4. The van der Waals surface area contributed by atoms with Crippen LogP contribution in [0.3, 0.4) is 0 Å². The highest BCUT2D eigenvalue weighted by Crippen LogP contribution is 2.28. The minimum Gasteiger partial charge on any atom is -0.376 e. The minimum atomic E-state index is -0.103. The van der Waals surface area contributed by atoms with E-state index in [-0.39, 0.29) is 5.91 Å². The van der Waals surface area contributed by atoms with Gasteiger partial charge in [-0.1, -0.05) is 24.0 Å². The van der Waals surface area contributed by atoms with Gasteiger partial charge in [-0.3, -0.25) is 4.79 Å². The molecule has 1 aromatic rings. The van der Waals surface area contributed by atoms with Crippen LogP contribution in [0.25, 0.3) is 6.08 Å². The fourth-order valence-corrected chi connectivity index (χ4v) is 3.84. The molecule has 1 atom stereocenters. The standard InChI is InChI=1S/C15H18N2O2S2/c1-9-6-11(7-13-14(18)16-15(20)21-13)10(2)17(9)8-12-4-3-5-19-12/h6-7,12H,3-5,8H2,1-2H3,(H,16,18,20)/b13-7-/t12-/m1/s1. The number of carbonyl (C=O) groups excluding carboxylic acids is 1. The van der Waals surface area contributed by atoms with Crippen LogP contribution in [0, 0.1) is 13.8 Å². The van der Waals surface area contributed by atoms with E-state index >= 15 is 0 Å². The van der Waals surface area contributed by atoms with Crippen molar-refractivity contribution in [1.82, 2.24) is 9.88 Å². The van der Waals surface area contributed by atoms with Gasteiger partial charge in [0.2, 0.25) is 0 Å². The smallest absolute Gasteiger partial charge is 0.263 e. The first kappa shape index (κ1) is 14.8. The van der Waals surface area contributed by atoms with Crippen molar-refractivity contribution < 1.29 is 9.53 Å². The van der Waals surface area contributed by atoms with Crippen molar-refractivity contribution in [3.8, 4) is 0 Å². The van der Waals surface area contributed by atoms with Gasteiger partial charge in [0.1, 0.15) is 4.32 Å². The third kappa shape index (κ3) is 3.07.